The second-order valence-corrected chi connectivity index (χ2v) is 8.24. The van der Waals surface area contributed by atoms with Crippen molar-refractivity contribution >= 4 is 40.2 Å². The van der Waals surface area contributed by atoms with Gasteiger partial charge in [0.2, 0.25) is 5.88 Å². The van der Waals surface area contributed by atoms with Crippen LogP contribution in [0.1, 0.15) is 21.5 Å². The molecule has 0 aliphatic heterocycles. The average Bonchev–Trinajstić information content (AvgIpc) is 3.16. The highest BCUT2D eigenvalue weighted by Gasteiger charge is 2.16. The molecule has 0 radical (unpaired) electrons. The predicted octanol–water partition coefficient (Wildman–Crippen LogP) is 5.33. The molecule has 3 aromatic carbocycles. The first-order valence-corrected chi connectivity index (χ1v) is 10.9. The van der Waals surface area contributed by atoms with Crippen LogP contribution in [0.15, 0.2) is 88.7 Å². The molecule has 4 aromatic rings. The Morgan fingerprint density at radius 1 is 1.00 bits per heavy atom. The molecule has 8 nitrogen and oxygen atoms in total. The van der Waals surface area contributed by atoms with E-state index in [1.807, 2.05) is 68.4 Å². The number of hydrogen-bond acceptors (Lipinski definition) is 5. The van der Waals surface area contributed by atoms with Gasteiger partial charge in [0, 0.05) is 30.7 Å². The van der Waals surface area contributed by atoms with E-state index in [0.717, 1.165) is 11.3 Å². The number of benzene rings is 3. The van der Waals surface area contributed by atoms with Gasteiger partial charge in [0.25, 0.3) is 5.91 Å². The number of amides is 2. The van der Waals surface area contributed by atoms with Crippen LogP contribution in [0, 0.1) is 6.92 Å². The summed E-state index contributed by atoms with van der Waals surface area (Å²) < 4.78 is 0. The summed E-state index contributed by atoms with van der Waals surface area (Å²) in [7, 11) is 3.86. The van der Waals surface area contributed by atoms with Crippen molar-refractivity contribution < 1.29 is 14.7 Å². The lowest BCUT2D eigenvalue weighted by Gasteiger charge is -2.12. The molecular formula is C27H25N5O3. The van der Waals surface area contributed by atoms with Crippen molar-refractivity contribution in [3.05, 3.63) is 95.2 Å². The molecule has 4 rings (SSSR count). The van der Waals surface area contributed by atoms with Crippen LogP contribution in [-0.2, 0) is 4.79 Å². The normalized spacial score (nSPS) is 11.7. The minimum Gasteiger partial charge on any atom is -0.493 e. The van der Waals surface area contributed by atoms with Gasteiger partial charge in [0.15, 0.2) is 5.69 Å². The molecule has 0 saturated heterocycles. The standard InChI is InChI=1S/C27H25N5O3/c1-17-9-14-22-21(15-17)24(27(35)28-22)30-31-26(34)23(29-25(33)19-7-5-4-6-8-19)16-18-10-12-20(13-11-18)32(2)3/h4-16,28,35H,1-3H3,(H,29,33)/b23-16-,31-30?. The molecule has 8 heteroatoms. The molecule has 0 bridgehead atoms. The Hall–Kier alpha value is -4.72. The van der Waals surface area contributed by atoms with E-state index in [0.29, 0.717) is 22.0 Å². The number of azo groups is 1. The lowest BCUT2D eigenvalue weighted by Crippen LogP contribution is -2.26. The Morgan fingerprint density at radius 2 is 1.71 bits per heavy atom. The zero-order valence-corrected chi connectivity index (χ0v) is 19.6. The zero-order valence-electron chi connectivity index (χ0n) is 19.6. The number of nitrogens with zero attached hydrogens (tertiary/aromatic N) is 3. The third-order valence-electron chi connectivity index (χ3n) is 5.38. The quantitative estimate of drug-likeness (QED) is 0.263. The molecule has 176 valence electrons. The van der Waals surface area contributed by atoms with Gasteiger partial charge < -0.3 is 20.3 Å². The molecular weight excluding hydrogens is 442 g/mol. The van der Waals surface area contributed by atoms with E-state index >= 15 is 0 Å². The molecule has 1 aromatic heterocycles. The van der Waals surface area contributed by atoms with Crippen LogP contribution in [0.2, 0.25) is 0 Å². The molecule has 3 N–H and O–H groups in total. The minimum absolute atomic E-state index is 0.0456. The number of aromatic hydroxyl groups is 1. The summed E-state index contributed by atoms with van der Waals surface area (Å²) in [5.74, 6) is -1.40. The number of hydrogen-bond donors (Lipinski definition) is 3. The van der Waals surface area contributed by atoms with Gasteiger partial charge in [0.05, 0.1) is 5.52 Å². The van der Waals surface area contributed by atoms with Crippen LogP contribution >= 0.6 is 0 Å². The topological polar surface area (TPSA) is 110 Å². The van der Waals surface area contributed by atoms with Gasteiger partial charge in [-0.25, -0.2) is 0 Å². The van der Waals surface area contributed by atoms with Crippen molar-refractivity contribution in [3.63, 3.8) is 0 Å². The number of aryl methyl sites for hydroxylation is 1. The van der Waals surface area contributed by atoms with E-state index in [2.05, 4.69) is 20.5 Å². The first-order chi connectivity index (χ1) is 16.8. The number of H-pyrrole nitrogens is 1. The number of aromatic amines is 1. The molecule has 0 saturated carbocycles. The van der Waals surface area contributed by atoms with E-state index in [1.54, 1.807) is 36.4 Å². The van der Waals surface area contributed by atoms with Gasteiger partial charge in [-0.1, -0.05) is 42.0 Å². The Labute approximate surface area is 202 Å². The van der Waals surface area contributed by atoms with Crippen LogP contribution in [0.3, 0.4) is 0 Å². The third-order valence-corrected chi connectivity index (χ3v) is 5.38. The van der Waals surface area contributed by atoms with Crippen molar-refractivity contribution in [2.45, 2.75) is 6.92 Å². The predicted molar refractivity (Wildman–Crippen MR) is 137 cm³/mol. The largest absolute Gasteiger partial charge is 0.493 e. The van der Waals surface area contributed by atoms with Crippen LogP contribution in [-0.4, -0.2) is 36.0 Å². The highest BCUT2D eigenvalue weighted by molar-refractivity contribution is 6.05. The minimum atomic E-state index is -0.757. The summed E-state index contributed by atoms with van der Waals surface area (Å²) >= 11 is 0. The third kappa shape index (κ3) is 5.44. The molecule has 0 aliphatic rings. The Bertz CT molecular complexity index is 1440. The van der Waals surface area contributed by atoms with Crippen molar-refractivity contribution in [2.75, 3.05) is 19.0 Å². The summed E-state index contributed by atoms with van der Waals surface area (Å²) in [6, 6.07) is 21.6. The fourth-order valence-electron chi connectivity index (χ4n) is 3.50. The second-order valence-electron chi connectivity index (χ2n) is 8.24. The van der Waals surface area contributed by atoms with E-state index in [-0.39, 0.29) is 17.3 Å². The first-order valence-electron chi connectivity index (χ1n) is 10.9. The fraction of sp³-hybridized carbons (Fsp3) is 0.111. The number of rotatable bonds is 6. The van der Waals surface area contributed by atoms with Gasteiger partial charge in [-0.15, -0.1) is 10.2 Å². The van der Waals surface area contributed by atoms with Gasteiger partial charge in [0.1, 0.15) is 5.70 Å². The number of carbonyl (C=O) groups excluding carboxylic acids is 2. The van der Waals surface area contributed by atoms with Gasteiger partial charge in [-0.3, -0.25) is 9.59 Å². The molecule has 0 unspecified atom stereocenters. The first kappa shape index (κ1) is 23.4. The van der Waals surface area contributed by atoms with Crippen molar-refractivity contribution in [3.8, 4) is 5.88 Å². The Morgan fingerprint density at radius 3 is 2.40 bits per heavy atom. The Kier molecular flexibility index (Phi) is 6.73. The molecule has 0 atom stereocenters. The maximum absolute atomic E-state index is 13.1. The maximum atomic E-state index is 13.1. The summed E-state index contributed by atoms with van der Waals surface area (Å²) in [6.45, 7) is 1.91. The van der Waals surface area contributed by atoms with Gasteiger partial charge in [-0.05, 0) is 55.0 Å². The summed E-state index contributed by atoms with van der Waals surface area (Å²) in [4.78, 5) is 30.6. The van der Waals surface area contributed by atoms with Crippen LogP contribution in [0.25, 0.3) is 17.0 Å². The smallest absolute Gasteiger partial charge is 0.311 e. The maximum Gasteiger partial charge on any atom is 0.311 e. The summed E-state index contributed by atoms with van der Waals surface area (Å²) in [5, 5.41) is 21.4. The zero-order chi connectivity index (χ0) is 24.9. The Balaban J connectivity index is 1.67. The number of carbonyl (C=O) groups is 2. The van der Waals surface area contributed by atoms with E-state index in [1.165, 1.54) is 0 Å². The van der Waals surface area contributed by atoms with Crippen LogP contribution < -0.4 is 10.2 Å². The summed E-state index contributed by atoms with van der Waals surface area (Å²) in [5.41, 5.74) is 3.84. The van der Waals surface area contributed by atoms with Crippen LogP contribution in [0.4, 0.5) is 11.4 Å². The number of fused-ring (bicyclic) bond motifs is 1. The number of aromatic nitrogens is 1. The second kappa shape index (κ2) is 10.0. The fourth-order valence-corrected chi connectivity index (χ4v) is 3.50. The van der Waals surface area contributed by atoms with E-state index in [4.69, 9.17) is 0 Å². The molecule has 0 spiro atoms. The number of nitrogens with one attached hydrogen (secondary N) is 2. The van der Waals surface area contributed by atoms with Crippen molar-refractivity contribution in [1.29, 1.82) is 0 Å². The van der Waals surface area contributed by atoms with Crippen LogP contribution in [0.5, 0.6) is 5.88 Å². The lowest BCUT2D eigenvalue weighted by molar-refractivity contribution is -0.115. The summed E-state index contributed by atoms with van der Waals surface area (Å²) in [6.07, 6.45) is 1.54. The monoisotopic (exact) mass is 467 g/mol. The molecule has 35 heavy (non-hydrogen) atoms. The molecule has 2 amide bonds. The molecule has 1 heterocycles. The van der Waals surface area contributed by atoms with E-state index in [9.17, 15) is 14.7 Å². The SMILES string of the molecule is Cc1ccc2[nH]c(O)c(N=NC(=O)/C(=C/c3ccc(N(C)C)cc3)NC(=O)c3ccccc3)c2c1. The van der Waals surface area contributed by atoms with E-state index < -0.39 is 11.8 Å². The number of anilines is 1. The van der Waals surface area contributed by atoms with Gasteiger partial charge in [-0.2, -0.15) is 0 Å². The van der Waals surface area contributed by atoms with Crippen molar-refractivity contribution in [1.82, 2.24) is 10.3 Å². The molecule has 0 fully saturated rings. The highest BCUT2D eigenvalue weighted by Crippen LogP contribution is 2.36. The lowest BCUT2D eigenvalue weighted by atomic mass is 10.1. The average molecular weight is 468 g/mol. The van der Waals surface area contributed by atoms with Crippen molar-refractivity contribution in [2.24, 2.45) is 10.2 Å². The molecule has 0 aliphatic carbocycles. The van der Waals surface area contributed by atoms with Gasteiger partial charge >= 0.3 is 5.91 Å². The highest BCUT2D eigenvalue weighted by atomic mass is 16.3.